The summed E-state index contributed by atoms with van der Waals surface area (Å²) < 4.78 is 5.68. The molecule has 1 aromatic carbocycles. The van der Waals surface area contributed by atoms with Gasteiger partial charge in [-0.25, -0.2) is 9.97 Å². The molecule has 3 heterocycles. The molecular weight excluding hydrogens is 288 g/mol. The van der Waals surface area contributed by atoms with Gasteiger partial charge in [-0.1, -0.05) is 23.7 Å². The summed E-state index contributed by atoms with van der Waals surface area (Å²) in [5.41, 5.74) is 3.06. The second-order valence-electron chi connectivity index (χ2n) is 5.13. The molecule has 0 unspecified atom stereocenters. The molecule has 108 valence electrons. The number of hydrogen-bond donors (Lipinski definition) is 1. The number of fused-ring (bicyclic) bond motifs is 2. The Labute approximate surface area is 127 Å². The standard InChI is InChI=1S/C15H15ClN4O/c16-14-10-9-17-6-5-11(10)18-15(19-14)20-7-8-21-13-4-2-1-3-12(13)20/h1-4,17H,5-9H2. The van der Waals surface area contributed by atoms with E-state index in [1.54, 1.807) is 0 Å². The highest BCUT2D eigenvalue weighted by Crippen LogP contribution is 2.35. The Morgan fingerprint density at radius 3 is 3.10 bits per heavy atom. The van der Waals surface area contributed by atoms with E-state index in [0.717, 1.165) is 48.7 Å². The highest BCUT2D eigenvalue weighted by atomic mass is 35.5. The molecule has 6 heteroatoms. The number of anilines is 2. The monoisotopic (exact) mass is 302 g/mol. The summed E-state index contributed by atoms with van der Waals surface area (Å²) >= 11 is 6.34. The summed E-state index contributed by atoms with van der Waals surface area (Å²) in [7, 11) is 0. The Bertz CT molecular complexity index is 691. The molecule has 4 rings (SSSR count). The van der Waals surface area contributed by atoms with E-state index in [9.17, 15) is 0 Å². The minimum atomic E-state index is 0.547. The van der Waals surface area contributed by atoms with Crippen LogP contribution < -0.4 is 15.0 Å². The molecule has 0 spiro atoms. The zero-order chi connectivity index (χ0) is 14.2. The van der Waals surface area contributed by atoms with Crippen LogP contribution in [0.3, 0.4) is 0 Å². The molecule has 21 heavy (non-hydrogen) atoms. The predicted molar refractivity (Wildman–Crippen MR) is 81.4 cm³/mol. The highest BCUT2D eigenvalue weighted by molar-refractivity contribution is 6.30. The summed E-state index contributed by atoms with van der Waals surface area (Å²) in [5.74, 6) is 1.53. The number of nitrogens with one attached hydrogen (secondary N) is 1. The van der Waals surface area contributed by atoms with Crippen molar-refractivity contribution in [2.24, 2.45) is 0 Å². The molecule has 0 bridgehead atoms. The third-order valence-electron chi connectivity index (χ3n) is 3.84. The smallest absolute Gasteiger partial charge is 0.231 e. The van der Waals surface area contributed by atoms with E-state index in [1.807, 2.05) is 24.3 Å². The van der Waals surface area contributed by atoms with Crippen molar-refractivity contribution in [3.8, 4) is 5.75 Å². The largest absolute Gasteiger partial charge is 0.490 e. The van der Waals surface area contributed by atoms with Gasteiger partial charge in [-0.05, 0) is 12.1 Å². The molecule has 0 atom stereocenters. The maximum absolute atomic E-state index is 6.34. The van der Waals surface area contributed by atoms with Gasteiger partial charge in [0, 0.05) is 25.1 Å². The van der Waals surface area contributed by atoms with Crippen LogP contribution in [-0.2, 0) is 13.0 Å². The van der Waals surface area contributed by atoms with Crippen LogP contribution in [0.5, 0.6) is 5.75 Å². The van der Waals surface area contributed by atoms with Crippen molar-refractivity contribution in [2.75, 3.05) is 24.6 Å². The van der Waals surface area contributed by atoms with Crippen LogP contribution in [0.15, 0.2) is 24.3 Å². The fraction of sp³-hybridized carbons (Fsp3) is 0.333. The molecule has 2 aliphatic heterocycles. The lowest BCUT2D eigenvalue weighted by Crippen LogP contribution is -2.31. The van der Waals surface area contributed by atoms with E-state index in [-0.39, 0.29) is 0 Å². The molecule has 0 amide bonds. The third kappa shape index (κ3) is 2.22. The van der Waals surface area contributed by atoms with Gasteiger partial charge in [-0.3, -0.25) is 0 Å². The summed E-state index contributed by atoms with van der Waals surface area (Å²) in [4.78, 5) is 11.3. The summed E-state index contributed by atoms with van der Waals surface area (Å²) in [6, 6.07) is 7.94. The molecule has 1 N–H and O–H groups in total. The van der Waals surface area contributed by atoms with E-state index < -0.39 is 0 Å². The number of aromatic nitrogens is 2. The molecule has 1 aromatic heterocycles. The van der Waals surface area contributed by atoms with Crippen molar-refractivity contribution < 1.29 is 4.74 Å². The summed E-state index contributed by atoms with van der Waals surface area (Å²) in [6.07, 6.45) is 0.885. The minimum Gasteiger partial charge on any atom is -0.490 e. The Morgan fingerprint density at radius 1 is 1.24 bits per heavy atom. The maximum Gasteiger partial charge on any atom is 0.231 e. The van der Waals surface area contributed by atoms with Gasteiger partial charge in [0.25, 0.3) is 0 Å². The van der Waals surface area contributed by atoms with Crippen LogP contribution in [0.25, 0.3) is 0 Å². The first-order valence-corrected chi connectivity index (χ1v) is 7.46. The van der Waals surface area contributed by atoms with Gasteiger partial charge in [0.1, 0.15) is 17.5 Å². The van der Waals surface area contributed by atoms with Crippen LogP contribution in [0, 0.1) is 0 Å². The van der Waals surface area contributed by atoms with E-state index in [0.29, 0.717) is 17.7 Å². The lowest BCUT2D eigenvalue weighted by molar-refractivity contribution is 0.313. The minimum absolute atomic E-state index is 0.547. The van der Waals surface area contributed by atoms with E-state index in [1.165, 1.54) is 0 Å². The van der Waals surface area contributed by atoms with Gasteiger partial charge in [0.2, 0.25) is 5.95 Å². The quantitative estimate of drug-likeness (QED) is 0.819. The lowest BCUT2D eigenvalue weighted by Gasteiger charge is -2.30. The zero-order valence-corrected chi connectivity index (χ0v) is 12.2. The van der Waals surface area contributed by atoms with Crippen molar-refractivity contribution in [1.29, 1.82) is 0 Å². The van der Waals surface area contributed by atoms with Crippen LogP contribution in [0.4, 0.5) is 11.6 Å². The average Bonchev–Trinajstić information content (AvgIpc) is 2.54. The van der Waals surface area contributed by atoms with Crippen LogP contribution >= 0.6 is 11.6 Å². The average molecular weight is 303 g/mol. The topological polar surface area (TPSA) is 50.3 Å². The van der Waals surface area contributed by atoms with Crippen molar-refractivity contribution in [1.82, 2.24) is 15.3 Å². The molecule has 2 aliphatic rings. The van der Waals surface area contributed by atoms with Crippen LogP contribution in [0.2, 0.25) is 5.15 Å². The third-order valence-corrected chi connectivity index (χ3v) is 4.15. The van der Waals surface area contributed by atoms with Crippen molar-refractivity contribution in [2.45, 2.75) is 13.0 Å². The SMILES string of the molecule is Clc1nc(N2CCOc3ccccc32)nc2c1CNCC2. The second-order valence-corrected chi connectivity index (χ2v) is 5.49. The van der Waals surface area contributed by atoms with Gasteiger partial charge in [0.05, 0.1) is 17.9 Å². The van der Waals surface area contributed by atoms with Crippen LogP contribution in [-0.4, -0.2) is 29.7 Å². The molecule has 0 saturated heterocycles. The maximum atomic E-state index is 6.34. The van der Waals surface area contributed by atoms with Gasteiger partial charge in [-0.15, -0.1) is 0 Å². The Morgan fingerprint density at radius 2 is 2.14 bits per heavy atom. The van der Waals surface area contributed by atoms with Gasteiger partial charge >= 0.3 is 0 Å². The molecule has 0 radical (unpaired) electrons. The first-order valence-electron chi connectivity index (χ1n) is 7.08. The lowest BCUT2D eigenvalue weighted by atomic mass is 10.1. The molecule has 0 aliphatic carbocycles. The first kappa shape index (κ1) is 12.9. The number of ether oxygens (including phenoxy) is 1. The number of nitrogens with zero attached hydrogens (tertiary/aromatic N) is 3. The first-order chi connectivity index (χ1) is 10.3. The van der Waals surface area contributed by atoms with E-state index >= 15 is 0 Å². The van der Waals surface area contributed by atoms with E-state index in [4.69, 9.17) is 21.3 Å². The van der Waals surface area contributed by atoms with Gasteiger partial charge < -0.3 is 15.0 Å². The predicted octanol–water partition coefficient (Wildman–Crippen LogP) is 2.31. The van der Waals surface area contributed by atoms with Crippen molar-refractivity contribution in [3.05, 3.63) is 40.7 Å². The number of benzene rings is 1. The molecule has 2 aromatic rings. The summed E-state index contributed by atoms with van der Waals surface area (Å²) in [6.45, 7) is 3.02. The molecule has 5 nitrogen and oxygen atoms in total. The van der Waals surface area contributed by atoms with Gasteiger partial charge in [-0.2, -0.15) is 0 Å². The zero-order valence-electron chi connectivity index (χ0n) is 11.5. The van der Waals surface area contributed by atoms with Crippen molar-refractivity contribution in [3.63, 3.8) is 0 Å². The molecule has 0 fully saturated rings. The van der Waals surface area contributed by atoms with Gasteiger partial charge in [0.15, 0.2) is 0 Å². The number of para-hydroxylation sites is 2. The Kier molecular flexibility index (Phi) is 3.16. The van der Waals surface area contributed by atoms with E-state index in [2.05, 4.69) is 15.2 Å². The van der Waals surface area contributed by atoms with Crippen molar-refractivity contribution >= 4 is 23.2 Å². The normalized spacial score (nSPS) is 16.9. The molecule has 0 saturated carbocycles. The number of rotatable bonds is 1. The summed E-state index contributed by atoms with van der Waals surface area (Å²) in [5, 5.41) is 3.85. The Balaban J connectivity index is 1.79. The Hall–Kier alpha value is -1.85. The number of halogens is 1. The second kappa shape index (κ2) is 5.16. The fourth-order valence-corrected chi connectivity index (χ4v) is 3.04. The molecular formula is C15H15ClN4O. The highest BCUT2D eigenvalue weighted by Gasteiger charge is 2.24. The van der Waals surface area contributed by atoms with Crippen LogP contribution in [0.1, 0.15) is 11.3 Å². The fourth-order valence-electron chi connectivity index (χ4n) is 2.79. The number of hydrogen-bond acceptors (Lipinski definition) is 5.